The van der Waals surface area contributed by atoms with Crippen molar-refractivity contribution in [3.05, 3.63) is 18.7 Å². The van der Waals surface area contributed by atoms with Crippen molar-refractivity contribution in [1.82, 2.24) is 9.55 Å². The van der Waals surface area contributed by atoms with Gasteiger partial charge in [-0.15, -0.1) is 0 Å². The summed E-state index contributed by atoms with van der Waals surface area (Å²) in [5.74, 6) is 0.752. The van der Waals surface area contributed by atoms with Crippen LogP contribution in [0, 0.1) is 0 Å². The van der Waals surface area contributed by atoms with E-state index in [1.54, 1.807) is 12.5 Å². The van der Waals surface area contributed by atoms with Crippen molar-refractivity contribution in [2.24, 2.45) is 10.7 Å². The average Bonchev–Trinajstić information content (AvgIpc) is 2.57. The van der Waals surface area contributed by atoms with Gasteiger partial charge in [-0.1, -0.05) is 6.92 Å². The number of aliphatic imine (C=N–C) groups is 1. The number of rotatable bonds is 5. The van der Waals surface area contributed by atoms with Gasteiger partial charge in [0.25, 0.3) is 0 Å². The lowest BCUT2D eigenvalue weighted by Crippen LogP contribution is -2.12. The molecule has 0 unspecified atom stereocenters. The van der Waals surface area contributed by atoms with Gasteiger partial charge < -0.3 is 10.3 Å². The maximum Gasteiger partial charge on any atom is 0.0946 e. The smallest absolute Gasteiger partial charge is 0.0946 e. The van der Waals surface area contributed by atoms with Crippen LogP contribution in [0.5, 0.6) is 0 Å². The molecule has 4 heteroatoms. The Balaban J connectivity index is 2.24. The van der Waals surface area contributed by atoms with E-state index in [1.807, 2.05) is 10.8 Å². The fourth-order valence-electron chi connectivity index (χ4n) is 1.06. The summed E-state index contributed by atoms with van der Waals surface area (Å²) in [7, 11) is 0. The summed E-state index contributed by atoms with van der Waals surface area (Å²) in [5.41, 5.74) is 5.65. The monoisotopic (exact) mass is 180 g/mol. The third kappa shape index (κ3) is 3.73. The molecular weight excluding hydrogens is 164 g/mol. The zero-order valence-electron chi connectivity index (χ0n) is 7.98. The van der Waals surface area contributed by atoms with Crippen LogP contribution in [0.2, 0.25) is 0 Å². The molecule has 13 heavy (non-hydrogen) atoms. The minimum absolute atomic E-state index is 0.738. The second-order valence-corrected chi connectivity index (χ2v) is 2.92. The third-order valence-corrected chi connectivity index (χ3v) is 1.74. The van der Waals surface area contributed by atoms with E-state index in [4.69, 9.17) is 5.73 Å². The normalized spacial score (nSPS) is 11.9. The van der Waals surface area contributed by atoms with Crippen molar-refractivity contribution in [1.29, 1.82) is 0 Å². The van der Waals surface area contributed by atoms with E-state index >= 15 is 0 Å². The number of aromatic nitrogens is 2. The molecular formula is C9H16N4. The third-order valence-electron chi connectivity index (χ3n) is 1.74. The second kappa shape index (κ2) is 5.35. The summed E-state index contributed by atoms with van der Waals surface area (Å²) in [6, 6.07) is 0. The maximum absolute atomic E-state index is 5.65. The van der Waals surface area contributed by atoms with Gasteiger partial charge in [-0.3, -0.25) is 4.99 Å². The fourth-order valence-corrected chi connectivity index (χ4v) is 1.06. The first-order valence-electron chi connectivity index (χ1n) is 4.57. The number of imidazole rings is 1. The van der Waals surface area contributed by atoms with Gasteiger partial charge in [0.1, 0.15) is 0 Å². The lowest BCUT2D eigenvalue weighted by atomic mass is 10.3. The Bertz CT molecular complexity index is 251. The minimum Gasteiger partial charge on any atom is -0.387 e. The van der Waals surface area contributed by atoms with Crippen molar-refractivity contribution in [2.45, 2.75) is 26.3 Å². The van der Waals surface area contributed by atoms with Crippen LogP contribution in [0.15, 0.2) is 23.7 Å². The molecule has 4 nitrogen and oxygen atoms in total. The first-order chi connectivity index (χ1) is 6.33. The molecule has 0 spiro atoms. The Labute approximate surface area is 78.5 Å². The van der Waals surface area contributed by atoms with Crippen molar-refractivity contribution >= 4 is 5.84 Å². The van der Waals surface area contributed by atoms with Crippen LogP contribution in [-0.2, 0) is 6.54 Å². The van der Waals surface area contributed by atoms with E-state index in [0.29, 0.717) is 0 Å². The SMILES string of the molecule is CCCC(N)=NCCn1ccnc1. The molecule has 0 atom stereocenters. The van der Waals surface area contributed by atoms with E-state index in [9.17, 15) is 0 Å². The Kier molecular flexibility index (Phi) is 4.02. The number of amidine groups is 1. The summed E-state index contributed by atoms with van der Waals surface area (Å²) >= 11 is 0. The molecule has 0 bridgehead atoms. The first-order valence-corrected chi connectivity index (χ1v) is 4.57. The maximum atomic E-state index is 5.65. The van der Waals surface area contributed by atoms with Crippen LogP contribution in [0.25, 0.3) is 0 Å². The number of hydrogen-bond donors (Lipinski definition) is 1. The van der Waals surface area contributed by atoms with Gasteiger partial charge in [0.15, 0.2) is 0 Å². The van der Waals surface area contributed by atoms with Crippen molar-refractivity contribution in [2.75, 3.05) is 6.54 Å². The summed E-state index contributed by atoms with van der Waals surface area (Å²) in [4.78, 5) is 8.17. The fraction of sp³-hybridized carbons (Fsp3) is 0.556. The van der Waals surface area contributed by atoms with Crippen LogP contribution in [0.3, 0.4) is 0 Å². The minimum atomic E-state index is 0.738. The number of nitrogens with two attached hydrogens (primary N) is 1. The van der Waals surface area contributed by atoms with Gasteiger partial charge in [0, 0.05) is 25.4 Å². The average molecular weight is 180 g/mol. The van der Waals surface area contributed by atoms with Crippen LogP contribution < -0.4 is 5.73 Å². The predicted molar refractivity (Wildman–Crippen MR) is 53.6 cm³/mol. The summed E-state index contributed by atoms with van der Waals surface area (Å²) in [6.07, 6.45) is 7.42. The number of nitrogens with zero attached hydrogens (tertiary/aromatic N) is 3. The second-order valence-electron chi connectivity index (χ2n) is 2.92. The zero-order valence-corrected chi connectivity index (χ0v) is 7.98. The molecule has 72 valence electrons. The van der Waals surface area contributed by atoms with E-state index in [1.165, 1.54) is 0 Å². The van der Waals surface area contributed by atoms with Crippen molar-refractivity contribution in [3.63, 3.8) is 0 Å². The molecule has 0 radical (unpaired) electrons. The van der Waals surface area contributed by atoms with Crippen LogP contribution in [0.4, 0.5) is 0 Å². The molecule has 0 fully saturated rings. The largest absolute Gasteiger partial charge is 0.387 e. The molecule has 0 aromatic carbocycles. The van der Waals surface area contributed by atoms with E-state index in [2.05, 4.69) is 16.9 Å². The Morgan fingerprint density at radius 3 is 3.08 bits per heavy atom. The standard InChI is InChI=1S/C9H16N4/c1-2-3-9(10)12-5-7-13-6-4-11-8-13/h4,6,8H,2-3,5,7H2,1H3,(H2,10,12). The van der Waals surface area contributed by atoms with E-state index < -0.39 is 0 Å². The molecule has 1 rings (SSSR count). The van der Waals surface area contributed by atoms with Crippen LogP contribution in [0.1, 0.15) is 19.8 Å². The quantitative estimate of drug-likeness (QED) is 0.543. The lowest BCUT2D eigenvalue weighted by molar-refractivity contribution is 0.706. The molecule has 2 N–H and O–H groups in total. The zero-order chi connectivity index (χ0) is 9.52. The highest BCUT2D eigenvalue weighted by molar-refractivity contribution is 5.80. The summed E-state index contributed by atoms with van der Waals surface area (Å²) in [6.45, 7) is 3.69. The van der Waals surface area contributed by atoms with Crippen molar-refractivity contribution in [3.8, 4) is 0 Å². The van der Waals surface area contributed by atoms with Gasteiger partial charge in [0.2, 0.25) is 0 Å². The predicted octanol–water partition coefficient (Wildman–Crippen LogP) is 1.04. The molecule has 0 aliphatic rings. The first kappa shape index (κ1) is 9.77. The highest BCUT2D eigenvalue weighted by Gasteiger charge is 1.90. The Morgan fingerprint density at radius 2 is 2.46 bits per heavy atom. The highest BCUT2D eigenvalue weighted by atomic mass is 15.0. The summed E-state index contributed by atoms with van der Waals surface area (Å²) < 4.78 is 1.99. The molecule has 1 aromatic rings. The molecule has 0 aliphatic carbocycles. The summed E-state index contributed by atoms with van der Waals surface area (Å²) in [5, 5.41) is 0. The Morgan fingerprint density at radius 1 is 1.62 bits per heavy atom. The Hall–Kier alpha value is -1.32. The van der Waals surface area contributed by atoms with Crippen LogP contribution in [-0.4, -0.2) is 21.9 Å². The number of hydrogen-bond acceptors (Lipinski definition) is 2. The van der Waals surface area contributed by atoms with Gasteiger partial charge in [-0.2, -0.15) is 0 Å². The van der Waals surface area contributed by atoms with Crippen molar-refractivity contribution < 1.29 is 0 Å². The highest BCUT2D eigenvalue weighted by Crippen LogP contribution is 1.89. The topological polar surface area (TPSA) is 56.2 Å². The lowest BCUT2D eigenvalue weighted by Gasteiger charge is -1.99. The molecule has 1 aromatic heterocycles. The van der Waals surface area contributed by atoms with Crippen LogP contribution >= 0.6 is 0 Å². The van der Waals surface area contributed by atoms with Gasteiger partial charge in [0.05, 0.1) is 18.7 Å². The molecule has 1 heterocycles. The van der Waals surface area contributed by atoms with E-state index in [0.717, 1.165) is 31.8 Å². The van der Waals surface area contributed by atoms with Gasteiger partial charge >= 0.3 is 0 Å². The molecule has 0 aliphatic heterocycles. The molecule has 0 saturated carbocycles. The van der Waals surface area contributed by atoms with Gasteiger partial charge in [-0.25, -0.2) is 4.98 Å². The molecule has 0 amide bonds. The molecule has 0 saturated heterocycles. The van der Waals surface area contributed by atoms with Gasteiger partial charge in [-0.05, 0) is 6.42 Å². The van der Waals surface area contributed by atoms with E-state index in [-0.39, 0.29) is 0 Å².